The molecule has 3 N–H and O–H groups in total. The Hall–Kier alpha value is -0.580. The van der Waals surface area contributed by atoms with Gasteiger partial charge >= 0.3 is 0 Å². The average Bonchev–Trinajstić information content (AvgIpc) is 3.00. The van der Waals surface area contributed by atoms with E-state index < -0.39 is 0 Å². The standard InChI is InChI=1S/C17H24N2OS.ClH/c18-13-7-11-4-1-5-12(8-13)16(11)19-17(20)15-9-10-3-2-6-14(10)21-15;/h9,11-13,16H,1-8,18H2,(H,19,20);1H. The van der Waals surface area contributed by atoms with Crippen LogP contribution in [0.1, 0.15) is 58.6 Å². The smallest absolute Gasteiger partial charge is 0.261 e. The number of carbonyl (C=O) groups is 1. The maximum Gasteiger partial charge on any atom is 0.261 e. The molecule has 3 aliphatic rings. The Kier molecular flexibility index (Phi) is 4.81. The molecule has 2 fully saturated rings. The van der Waals surface area contributed by atoms with E-state index in [0.717, 1.165) is 30.6 Å². The minimum Gasteiger partial charge on any atom is -0.348 e. The molecule has 0 saturated heterocycles. The van der Waals surface area contributed by atoms with Crippen molar-refractivity contribution in [3.05, 3.63) is 21.4 Å². The molecule has 0 aromatic carbocycles. The van der Waals surface area contributed by atoms with Gasteiger partial charge < -0.3 is 11.1 Å². The van der Waals surface area contributed by atoms with Crippen molar-refractivity contribution in [2.75, 3.05) is 0 Å². The van der Waals surface area contributed by atoms with Gasteiger partial charge in [-0.1, -0.05) is 6.42 Å². The summed E-state index contributed by atoms with van der Waals surface area (Å²) in [6.07, 6.45) is 9.52. The van der Waals surface area contributed by atoms with Crippen molar-refractivity contribution in [3.63, 3.8) is 0 Å². The van der Waals surface area contributed by atoms with Crippen molar-refractivity contribution in [1.29, 1.82) is 0 Å². The fourth-order valence-electron chi connectivity index (χ4n) is 4.69. The van der Waals surface area contributed by atoms with Crippen LogP contribution in [0.4, 0.5) is 0 Å². The van der Waals surface area contributed by atoms with Gasteiger partial charge in [-0.05, 0) is 68.4 Å². The average molecular weight is 341 g/mol. The maximum absolute atomic E-state index is 12.6. The molecule has 2 bridgehead atoms. The van der Waals surface area contributed by atoms with Gasteiger partial charge in [0.25, 0.3) is 5.91 Å². The Morgan fingerprint density at radius 1 is 1.18 bits per heavy atom. The molecule has 122 valence electrons. The van der Waals surface area contributed by atoms with E-state index in [1.807, 2.05) is 0 Å². The zero-order chi connectivity index (χ0) is 14.4. The van der Waals surface area contributed by atoms with Gasteiger partial charge in [0, 0.05) is 17.0 Å². The van der Waals surface area contributed by atoms with Crippen LogP contribution in [0.2, 0.25) is 0 Å². The van der Waals surface area contributed by atoms with E-state index in [0.29, 0.717) is 23.9 Å². The minimum atomic E-state index is 0. The quantitative estimate of drug-likeness (QED) is 0.868. The molecule has 3 nitrogen and oxygen atoms in total. The Balaban J connectivity index is 0.00000144. The monoisotopic (exact) mass is 340 g/mol. The van der Waals surface area contributed by atoms with E-state index >= 15 is 0 Å². The second-order valence-electron chi connectivity index (χ2n) is 7.09. The predicted molar refractivity (Wildman–Crippen MR) is 92.9 cm³/mol. The third kappa shape index (κ3) is 2.93. The van der Waals surface area contributed by atoms with E-state index in [-0.39, 0.29) is 18.3 Å². The van der Waals surface area contributed by atoms with Crippen molar-refractivity contribution < 1.29 is 4.79 Å². The molecule has 1 aromatic heterocycles. The molecule has 2 unspecified atom stereocenters. The van der Waals surface area contributed by atoms with E-state index in [1.54, 1.807) is 11.3 Å². The van der Waals surface area contributed by atoms with Gasteiger partial charge in [-0.25, -0.2) is 0 Å². The van der Waals surface area contributed by atoms with Crippen LogP contribution >= 0.6 is 23.7 Å². The molecule has 4 rings (SSSR count). The molecule has 5 heteroatoms. The third-order valence-corrected chi connectivity index (χ3v) is 6.88. The first-order chi connectivity index (χ1) is 10.2. The summed E-state index contributed by atoms with van der Waals surface area (Å²) in [5, 5.41) is 3.36. The SMILES string of the molecule is Cl.NC1CC2CCCC(C1)C2NC(=O)c1cc2c(s1)CCC2. The molecule has 2 saturated carbocycles. The van der Waals surface area contributed by atoms with Crippen molar-refractivity contribution in [2.24, 2.45) is 17.6 Å². The number of carbonyl (C=O) groups excluding carboxylic acids is 1. The zero-order valence-corrected chi connectivity index (χ0v) is 14.5. The first-order valence-electron chi connectivity index (χ1n) is 8.38. The summed E-state index contributed by atoms with van der Waals surface area (Å²) in [4.78, 5) is 15.0. The zero-order valence-electron chi connectivity index (χ0n) is 12.8. The highest BCUT2D eigenvalue weighted by Gasteiger charge is 2.40. The second-order valence-corrected chi connectivity index (χ2v) is 8.23. The van der Waals surface area contributed by atoms with Crippen LogP contribution in [0.15, 0.2) is 6.07 Å². The lowest BCUT2D eigenvalue weighted by atomic mass is 9.67. The van der Waals surface area contributed by atoms with Gasteiger partial charge in [-0.3, -0.25) is 4.79 Å². The Bertz CT molecular complexity index is 523. The summed E-state index contributed by atoms with van der Waals surface area (Å²) in [6, 6.07) is 2.84. The number of fused-ring (bicyclic) bond motifs is 3. The molecule has 1 amide bonds. The molecule has 0 aliphatic heterocycles. The predicted octanol–water partition coefficient (Wildman–Crippen LogP) is 3.29. The van der Waals surface area contributed by atoms with E-state index in [1.165, 1.54) is 36.1 Å². The van der Waals surface area contributed by atoms with Gasteiger partial charge in [-0.15, -0.1) is 23.7 Å². The van der Waals surface area contributed by atoms with Crippen LogP contribution in [-0.2, 0) is 12.8 Å². The van der Waals surface area contributed by atoms with E-state index in [2.05, 4.69) is 11.4 Å². The van der Waals surface area contributed by atoms with Crippen LogP contribution in [-0.4, -0.2) is 18.0 Å². The summed E-state index contributed by atoms with van der Waals surface area (Å²) in [6.45, 7) is 0. The van der Waals surface area contributed by atoms with Crippen molar-refractivity contribution in [3.8, 4) is 0 Å². The Labute approximate surface area is 142 Å². The lowest BCUT2D eigenvalue weighted by Gasteiger charge is -2.45. The van der Waals surface area contributed by atoms with Crippen molar-refractivity contribution in [2.45, 2.75) is 63.5 Å². The number of amides is 1. The van der Waals surface area contributed by atoms with Crippen molar-refractivity contribution in [1.82, 2.24) is 5.32 Å². The Morgan fingerprint density at radius 3 is 2.59 bits per heavy atom. The first kappa shape index (κ1) is 16.3. The van der Waals surface area contributed by atoms with Crippen LogP contribution in [0, 0.1) is 11.8 Å². The summed E-state index contributed by atoms with van der Waals surface area (Å²) >= 11 is 1.71. The Morgan fingerprint density at radius 2 is 1.91 bits per heavy atom. The highest BCUT2D eigenvalue weighted by Crippen LogP contribution is 2.40. The minimum absolute atomic E-state index is 0. The number of nitrogens with two attached hydrogens (primary N) is 1. The van der Waals surface area contributed by atoms with Crippen LogP contribution in [0.5, 0.6) is 0 Å². The number of rotatable bonds is 2. The van der Waals surface area contributed by atoms with Gasteiger partial charge in [0.05, 0.1) is 4.88 Å². The normalized spacial score (nSPS) is 33.0. The second kappa shape index (κ2) is 6.50. The van der Waals surface area contributed by atoms with Crippen LogP contribution < -0.4 is 11.1 Å². The highest BCUT2D eigenvalue weighted by atomic mass is 35.5. The summed E-state index contributed by atoms with van der Waals surface area (Å²) in [7, 11) is 0. The number of hydrogen-bond donors (Lipinski definition) is 2. The van der Waals surface area contributed by atoms with Gasteiger partial charge in [0.15, 0.2) is 0 Å². The molecule has 1 heterocycles. The van der Waals surface area contributed by atoms with Gasteiger partial charge in [-0.2, -0.15) is 0 Å². The molecule has 1 aromatic rings. The summed E-state index contributed by atoms with van der Waals surface area (Å²) in [5.74, 6) is 1.36. The molecule has 22 heavy (non-hydrogen) atoms. The van der Waals surface area contributed by atoms with Gasteiger partial charge in [0.2, 0.25) is 0 Å². The van der Waals surface area contributed by atoms with E-state index in [4.69, 9.17) is 5.73 Å². The molecule has 2 atom stereocenters. The van der Waals surface area contributed by atoms with Crippen LogP contribution in [0.25, 0.3) is 0 Å². The number of hydrogen-bond acceptors (Lipinski definition) is 3. The summed E-state index contributed by atoms with van der Waals surface area (Å²) < 4.78 is 0. The molecule has 0 spiro atoms. The molecule has 3 aliphatic carbocycles. The molecule has 0 radical (unpaired) electrons. The number of halogens is 1. The van der Waals surface area contributed by atoms with Crippen LogP contribution in [0.3, 0.4) is 0 Å². The number of thiophene rings is 1. The maximum atomic E-state index is 12.6. The van der Waals surface area contributed by atoms with E-state index in [9.17, 15) is 4.79 Å². The molecular weight excluding hydrogens is 316 g/mol. The topological polar surface area (TPSA) is 55.1 Å². The fourth-order valence-corrected chi connectivity index (χ4v) is 5.85. The lowest BCUT2D eigenvalue weighted by molar-refractivity contribution is 0.0759. The van der Waals surface area contributed by atoms with Crippen molar-refractivity contribution >= 4 is 29.7 Å². The fraction of sp³-hybridized carbons (Fsp3) is 0.706. The largest absolute Gasteiger partial charge is 0.348 e. The lowest BCUT2D eigenvalue weighted by Crippen LogP contribution is -2.53. The molecular formula is C17H25ClN2OS. The third-order valence-electron chi connectivity index (χ3n) is 5.64. The number of aryl methyl sites for hydroxylation is 2. The first-order valence-corrected chi connectivity index (χ1v) is 9.20. The summed E-state index contributed by atoms with van der Waals surface area (Å²) in [5.41, 5.74) is 7.58. The number of nitrogens with one attached hydrogen (secondary N) is 1. The van der Waals surface area contributed by atoms with Gasteiger partial charge in [0.1, 0.15) is 0 Å². The highest BCUT2D eigenvalue weighted by molar-refractivity contribution is 7.14.